The van der Waals surface area contributed by atoms with Crippen LogP contribution in [0.4, 0.5) is 0 Å². The highest BCUT2D eigenvalue weighted by molar-refractivity contribution is 5.92. The summed E-state index contributed by atoms with van der Waals surface area (Å²) < 4.78 is 0. The molecule has 22 heavy (non-hydrogen) atoms. The Morgan fingerprint density at radius 3 is 2.41 bits per heavy atom. The number of carbonyl (C=O) groups is 2. The predicted molar refractivity (Wildman–Crippen MR) is 87.0 cm³/mol. The molecule has 0 fully saturated rings. The van der Waals surface area contributed by atoms with Gasteiger partial charge in [-0.25, -0.2) is 0 Å². The summed E-state index contributed by atoms with van der Waals surface area (Å²) in [7, 11) is 0. The maximum Gasteiger partial charge on any atom is 0.240 e. The van der Waals surface area contributed by atoms with Crippen LogP contribution in [-0.4, -0.2) is 23.4 Å². The first-order chi connectivity index (χ1) is 10.3. The van der Waals surface area contributed by atoms with Gasteiger partial charge in [-0.3, -0.25) is 9.59 Å². The second-order valence-corrected chi connectivity index (χ2v) is 5.99. The number of primary amides is 1. The summed E-state index contributed by atoms with van der Waals surface area (Å²) >= 11 is 0. The van der Waals surface area contributed by atoms with Crippen molar-refractivity contribution in [1.82, 2.24) is 5.32 Å². The Morgan fingerprint density at radius 1 is 1.14 bits per heavy atom. The zero-order valence-electron chi connectivity index (χ0n) is 12.8. The van der Waals surface area contributed by atoms with Crippen LogP contribution in [0.2, 0.25) is 0 Å². The third-order valence-corrected chi connectivity index (χ3v) is 3.54. The molecule has 0 saturated carbocycles. The second-order valence-electron chi connectivity index (χ2n) is 5.99. The van der Waals surface area contributed by atoms with Crippen molar-refractivity contribution >= 4 is 22.6 Å². The SMILES string of the molecule is CC(C)(N)C(=O)N[C@H](Cc1cccc2ccccc12)C(N)=O. The average molecular weight is 299 g/mol. The minimum atomic E-state index is -1.06. The van der Waals surface area contributed by atoms with Crippen LogP contribution in [0.5, 0.6) is 0 Å². The number of benzene rings is 2. The molecule has 116 valence electrons. The molecule has 5 nitrogen and oxygen atoms in total. The molecule has 0 unspecified atom stereocenters. The number of rotatable bonds is 5. The molecule has 0 heterocycles. The van der Waals surface area contributed by atoms with Crippen LogP contribution in [0.1, 0.15) is 19.4 Å². The lowest BCUT2D eigenvalue weighted by Crippen LogP contribution is -2.55. The lowest BCUT2D eigenvalue weighted by Gasteiger charge is -2.23. The van der Waals surface area contributed by atoms with Gasteiger partial charge in [0.15, 0.2) is 0 Å². The van der Waals surface area contributed by atoms with Crippen LogP contribution in [0.15, 0.2) is 42.5 Å². The Hall–Kier alpha value is -2.40. The maximum atomic E-state index is 12.0. The second kappa shape index (κ2) is 6.15. The highest BCUT2D eigenvalue weighted by Crippen LogP contribution is 2.19. The van der Waals surface area contributed by atoms with Gasteiger partial charge in [0, 0.05) is 6.42 Å². The molecule has 5 N–H and O–H groups in total. The van der Waals surface area contributed by atoms with Crippen molar-refractivity contribution < 1.29 is 9.59 Å². The van der Waals surface area contributed by atoms with Crippen molar-refractivity contribution in [1.29, 1.82) is 0 Å². The highest BCUT2D eigenvalue weighted by atomic mass is 16.2. The molecule has 0 aliphatic heterocycles. The molecule has 1 atom stereocenters. The van der Waals surface area contributed by atoms with Crippen LogP contribution < -0.4 is 16.8 Å². The number of nitrogens with two attached hydrogens (primary N) is 2. The van der Waals surface area contributed by atoms with Crippen LogP contribution in [-0.2, 0) is 16.0 Å². The van der Waals surface area contributed by atoms with E-state index in [4.69, 9.17) is 11.5 Å². The van der Waals surface area contributed by atoms with Crippen LogP contribution in [0.3, 0.4) is 0 Å². The van der Waals surface area contributed by atoms with Gasteiger partial charge < -0.3 is 16.8 Å². The summed E-state index contributed by atoms with van der Waals surface area (Å²) in [6.45, 7) is 3.16. The first-order valence-corrected chi connectivity index (χ1v) is 7.15. The van der Waals surface area contributed by atoms with E-state index in [-0.39, 0.29) is 0 Å². The van der Waals surface area contributed by atoms with E-state index >= 15 is 0 Å². The number of carbonyl (C=O) groups excluding carboxylic acids is 2. The van der Waals surface area contributed by atoms with E-state index < -0.39 is 23.4 Å². The summed E-state index contributed by atoms with van der Waals surface area (Å²) in [5.41, 5.74) is 11.1. The summed E-state index contributed by atoms with van der Waals surface area (Å²) in [5.74, 6) is -0.984. The Labute approximate surface area is 129 Å². The first kappa shape index (κ1) is 16.0. The number of hydrogen-bond acceptors (Lipinski definition) is 3. The largest absolute Gasteiger partial charge is 0.368 e. The average Bonchev–Trinajstić information content (AvgIpc) is 2.45. The monoisotopic (exact) mass is 299 g/mol. The van der Waals surface area contributed by atoms with Gasteiger partial charge in [-0.05, 0) is 30.2 Å². The molecule has 2 aromatic rings. The number of amides is 2. The van der Waals surface area contributed by atoms with Gasteiger partial charge in [0.05, 0.1) is 5.54 Å². The Kier molecular flexibility index (Phi) is 4.47. The Bertz CT molecular complexity index is 699. The van der Waals surface area contributed by atoms with Crippen molar-refractivity contribution in [3.05, 3.63) is 48.0 Å². The Morgan fingerprint density at radius 2 is 1.77 bits per heavy atom. The van der Waals surface area contributed by atoms with Crippen LogP contribution >= 0.6 is 0 Å². The summed E-state index contributed by atoms with van der Waals surface area (Å²) in [6.07, 6.45) is 0.332. The first-order valence-electron chi connectivity index (χ1n) is 7.15. The molecule has 2 amide bonds. The van der Waals surface area contributed by atoms with E-state index in [0.717, 1.165) is 16.3 Å². The molecular weight excluding hydrogens is 278 g/mol. The smallest absolute Gasteiger partial charge is 0.240 e. The number of fused-ring (bicyclic) bond motifs is 1. The van der Waals surface area contributed by atoms with Crippen LogP contribution in [0, 0.1) is 0 Å². The molecule has 2 rings (SSSR count). The van der Waals surface area contributed by atoms with E-state index in [1.807, 2.05) is 42.5 Å². The van der Waals surface area contributed by atoms with Crippen molar-refractivity contribution in [2.45, 2.75) is 31.8 Å². The molecule has 0 radical (unpaired) electrons. The fourth-order valence-electron chi connectivity index (χ4n) is 2.26. The van der Waals surface area contributed by atoms with Gasteiger partial charge in [0.1, 0.15) is 6.04 Å². The molecule has 0 aliphatic rings. The zero-order chi connectivity index (χ0) is 16.3. The quantitative estimate of drug-likeness (QED) is 0.770. The molecule has 0 saturated heterocycles. The molecule has 0 bridgehead atoms. The van der Waals surface area contributed by atoms with E-state index in [2.05, 4.69) is 5.32 Å². The number of nitrogens with one attached hydrogen (secondary N) is 1. The lowest BCUT2D eigenvalue weighted by molar-refractivity contribution is -0.130. The van der Waals surface area contributed by atoms with Gasteiger partial charge in [-0.2, -0.15) is 0 Å². The van der Waals surface area contributed by atoms with E-state index in [0.29, 0.717) is 6.42 Å². The zero-order valence-corrected chi connectivity index (χ0v) is 12.8. The van der Waals surface area contributed by atoms with E-state index in [9.17, 15) is 9.59 Å². The van der Waals surface area contributed by atoms with Crippen molar-refractivity contribution in [3.8, 4) is 0 Å². The highest BCUT2D eigenvalue weighted by Gasteiger charge is 2.27. The van der Waals surface area contributed by atoms with Gasteiger partial charge in [0.2, 0.25) is 11.8 Å². The third-order valence-electron chi connectivity index (χ3n) is 3.54. The van der Waals surface area contributed by atoms with Gasteiger partial charge >= 0.3 is 0 Å². The van der Waals surface area contributed by atoms with Crippen molar-refractivity contribution in [2.75, 3.05) is 0 Å². The lowest BCUT2D eigenvalue weighted by atomic mass is 9.97. The fourth-order valence-corrected chi connectivity index (χ4v) is 2.26. The molecule has 5 heteroatoms. The van der Waals surface area contributed by atoms with Gasteiger partial charge in [0.25, 0.3) is 0 Å². The third kappa shape index (κ3) is 3.62. The molecule has 0 aromatic heterocycles. The van der Waals surface area contributed by atoms with E-state index in [1.54, 1.807) is 13.8 Å². The minimum absolute atomic E-state index is 0.332. The minimum Gasteiger partial charge on any atom is -0.368 e. The Balaban J connectivity index is 2.27. The predicted octanol–water partition coefficient (Wildman–Crippen LogP) is 1.09. The van der Waals surface area contributed by atoms with Gasteiger partial charge in [-0.1, -0.05) is 42.5 Å². The van der Waals surface area contributed by atoms with Crippen LogP contribution in [0.25, 0.3) is 10.8 Å². The normalized spacial score (nSPS) is 12.9. The topological polar surface area (TPSA) is 98.2 Å². The maximum absolute atomic E-state index is 12.0. The fraction of sp³-hybridized carbons (Fsp3) is 0.294. The molecular formula is C17H21N3O2. The van der Waals surface area contributed by atoms with Crippen molar-refractivity contribution in [3.63, 3.8) is 0 Å². The molecule has 2 aromatic carbocycles. The van der Waals surface area contributed by atoms with Crippen molar-refractivity contribution in [2.24, 2.45) is 11.5 Å². The summed E-state index contributed by atoms with van der Waals surface area (Å²) in [4.78, 5) is 23.7. The van der Waals surface area contributed by atoms with E-state index in [1.165, 1.54) is 0 Å². The summed E-state index contributed by atoms with van der Waals surface area (Å²) in [5, 5.41) is 4.75. The van der Waals surface area contributed by atoms with Gasteiger partial charge in [-0.15, -0.1) is 0 Å². The summed E-state index contributed by atoms with van der Waals surface area (Å²) in [6, 6.07) is 12.9. The number of hydrogen-bond donors (Lipinski definition) is 3. The molecule has 0 spiro atoms. The molecule has 0 aliphatic carbocycles. The standard InChI is InChI=1S/C17H21N3O2/c1-17(2,19)16(22)20-14(15(18)21)10-12-8-5-7-11-6-3-4-9-13(11)12/h3-9,14H,10,19H2,1-2H3,(H2,18,21)(H,20,22)/t14-/m1/s1.